The highest BCUT2D eigenvalue weighted by molar-refractivity contribution is 7.99. The minimum Gasteiger partial charge on any atom is -0.398 e. The van der Waals surface area contributed by atoms with Crippen molar-refractivity contribution in [3.05, 3.63) is 53.6 Å². The molecule has 0 aliphatic carbocycles. The monoisotopic (exact) mass is 381 g/mol. The molecule has 7 heteroatoms. The molecular formula is C19H25F2N3OS. The van der Waals surface area contributed by atoms with Crippen molar-refractivity contribution in [2.45, 2.75) is 30.6 Å². The molecule has 0 aromatic heterocycles. The van der Waals surface area contributed by atoms with E-state index in [9.17, 15) is 13.6 Å². The maximum Gasteiger partial charge on any atom is 0.251 e. The number of hydrogen-bond acceptors (Lipinski definition) is 4. The van der Waals surface area contributed by atoms with Gasteiger partial charge in [0, 0.05) is 33.7 Å². The van der Waals surface area contributed by atoms with Crippen LogP contribution in [-0.2, 0) is 0 Å². The van der Waals surface area contributed by atoms with E-state index in [1.54, 1.807) is 18.2 Å². The van der Waals surface area contributed by atoms with Crippen LogP contribution in [0.2, 0.25) is 0 Å². The van der Waals surface area contributed by atoms with Crippen molar-refractivity contribution >= 4 is 23.4 Å². The first-order valence-corrected chi connectivity index (χ1v) is 9.25. The molecule has 26 heavy (non-hydrogen) atoms. The highest BCUT2D eigenvalue weighted by Gasteiger charge is 2.11. The summed E-state index contributed by atoms with van der Waals surface area (Å²) in [5.41, 5.74) is 6.71. The molecule has 142 valence electrons. The van der Waals surface area contributed by atoms with E-state index >= 15 is 0 Å². The fourth-order valence-electron chi connectivity index (χ4n) is 1.95. The number of nitrogens with two attached hydrogens (primary N) is 1. The molecule has 2 aromatic rings. The summed E-state index contributed by atoms with van der Waals surface area (Å²) in [6.45, 7) is 8.72. The van der Waals surface area contributed by atoms with Crippen LogP contribution in [0.3, 0.4) is 0 Å². The molecule has 0 unspecified atom stereocenters. The molecule has 0 fully saturated rings. The van der Waals surface area contributed by atoms with Gasteiger partial charge < -0.3 is 16.4 Å². The Labute approximate surface area is 157 Å². The number of anilines is 1. The topological polar surface area (TPSA) is 67.2 Å². The van der Waals surface area contributed by atoms with Gasteiger partial charge in [0.2, 0.25) is 0 Å². The number of carbonyl (C=O) groups excluding carboxylic acids is 1. The van der Waals surface area contributed by atoms with Gasteiger partial charge in [-0.2, -0.15) is 0 Å². The predicted molar refractivity (Wildman–Crippen MR) is 104 cm³/mol. The van der Waals surface area contributed by atoms with Crippen LogP contribution in [0.4, 0.5) is 14.5 Å². The van der Waals surface area contributed by atoms with Gasteiger partial charge in [0.15, 0.2) is 0 Å². The van der Waals surface area contributed by atoms with Gasteiger partial charge in [-0.25, -0.2) is 8.78 Å². The molecule has 0 spiro atoms. The zero-order valence-corrected chi connectivity index (χ0v) is 16.1. The van der Waals surface area contributed by atoms with Crippen molar-refractivity contribution in [2.75, 3.05) is 25.4 Å². The van der Waals surface area contributed by atoms with Gasteiger partial charge in [-0.05, 0) is 50.3 Å². The molecule has 0 saturated heterocycles. The van der Waals surface area contributed by atoms with Crippen LogP contribution in [-0.4, -0.2) is 25.5 Å². The van der Waals surface area contributed by atoms with Crippen LogP contribution >= 0.6 is 11.8 Å². The summed E-state index contributed by atoms with van der Waals surface area (Å²) in [4.78, 5) is 12.6. The van der Waals surface area contributed by atoms with Crippen LogP contribution in [0.5, 0.6) is 0 Å². The molecule has 0 bridgehead atoms. The summed E-state index contributed by atoms with van der Waals surface area (Å²) in [6, 6.07) is 8.11. The molecule has 4 nitrogen and oxygen atoms in total. The Balaban J connectivity index is 0.000000597. The largest absolute Gasteiger partial charge is 0.398 e. The van der Waals surface area contributed by atoms with Gasteiger partial charge in [0.25, 0.3) is 5.91 Å². The lowest BCUT2D eigenvalue weighted by molar-refractivity contribution is 0.0955. The van der Waals surface area contributed by atoms with E-state index in [1.807, 2.05) is 6.92 Å². The third-order valence-corrected chi connectivity index (χ3v) is 4.35. The second kappa shape index (κ2) is 11.5. The molecule has 0 heterocycles. The standard InChI is InChI=1S/C15H14F2N2OS.C4H11N/c1-2-19-15(20)9-3-5-12(18)14(7-9)21-13-6-4-10(16)8-11(13)17;1-3-5-4-2/h3-8H,2,18H2,1H3,(H,19,20);5H,3-4H2,1-2H3. The second-order valence-corrected chi connectivity index (χ2v) is 6.33. The third kappa shape index (κ3) is 7.01. The minimum atomic E-state index is -0.664. The van der Waals surface area contributed by atoms with Crippen molar-refractivity contribution < 1.29 is 13.6 Å². The van der Waals surface area contributed by atoms with Gasteiger partial charge in [-0.15, -0.1) is 0 Å². The van der Waals surface area contributed by atoms with E-state index in [1.165, 1.54) is 12.1 Å². The molecule has 4 N–H and O–H groups in total. The van der Waals surface area contributed by atoms with E-state index in [-0.39, 0.29) is 10.8 Å². The van der Waals surface area contributed by atoms with E-state index in [4.69, 9.17) is 5.73 Å². The average Bonchev–Trinajstić information content (AvgIpc) is 2.60. The lowest BCUT2D eigenvalue weighted by Gasteiger charge is -2.09. The summed E-state index contributed by atoms with van der Waals surface area (Å²) < 4.78 is 26.6. The molecule has 0 aliphatic heterocycles. The highest BCUT2D eigenvalue weighted by atomic mass is 32.2. The average molecular weight is 381 g/mol. The second-order valence-electron chi connectivity index (χ2n) is 5.25. The highest BCUT2D eigenvalue weighted by Crippen LogP contribution is 2.34. The minimum absolute atomic E-state index is 0.223. The van der Waals surface area contributed by atoms with Gasteiger partial charge in [-0.1, -0.05) is 25.6 Å². The summed E-state index contributed by atoms with van der Waals surface area (Å²) in [6.07, 6.45) is 0. The first-order valence-electron chi connectivity index (χ1n) is 8.44. The Kier molecular flexibility index (Phi) is 9.69. The Bertz CT molecular complexity index is 724. The summed E-state index contributed by atoms with van der Waals surface area (Å²) in [5, 5.41) is 5.79. The molecule has 0 radical (unpaired) electrons. The number of amides is 1. The van der Waals surface area contributed by atoms with E-state index < -0.39 is 11.6 Å². The summed E-state index contributed by atoms with van der Waals surface area (Å²) in [5.74, 6) is -1.53. The fourth-order valence-corrected chi connectivity index (χ4v) is 2.85. The Morgan fingerprint density at radius 2 is 1.69 bits per heavy atom. The van der Waals surface area contributed by atoms with Crippen LogP contribution < -0.4 is 16.4 Å². The SMILES string of the molecule is CCNC(=O)c1ccc(N)c(Sc2ccc(F)cc2F)c1.CCNCC. The lowest BCUT2D eigenvalue weighted by atomic mass is 10.2. The van der Waals surface area contributed by atoms with Crippen LogP contribution in [0.15, 0.2) is 46.2 Å². The maximum atomic E-state index is 13.7. The number of nitrogens with one attached hydrogen (secondary N) is 2. The van der Waals surface area contributed by atoms with Crippen molar-refractivity contribution in [1.29, 1.82) is 0 Å². The molecular weight excluding hydrogens is 356 g/mol. The molecule has 2 aromatic carbocycles. The van der Waals surface area contributed by atoms with E-state index in [0.29, 0.717) is 22.7 Å². The smallest absolute Gasteiger partial charge is 0.251 e. The summed E-state index contributed by atoms with van der Waals surface area (Å²) in [7, 11) is 0. The molecule has 1 amide bonds. The zero-order chi connectivity index (χ0) is 19.5. The van der Waals surface area contributed by atoms with Crippen LogP contribution in [0.25, 0.3) is 0 Å². The fraction of sp³-hybridized carbons (Fsp3) is 0.316. The normalized spacial score (nSPS) is 10.0. The van der Waals surface area contributed by atoms with E-state index in [0.717, 1.165) is 30.9 Å². The van der Waals surface area contributed by atoms with Crippen molar-refractivity contribution in [1.82, 2.24) is 10.6 Å². The van der Waals surface area contributed by atoms with Gasteiger partial charge in [0.05, 0.1) is 0 Å². The number of benzene rings is 2. The number of rotatable bonds is 6. The van der Waals surface area contributed by atoms with Crippen molar-refractivity contribution in [3.8, 4) is 0 Å². The lowest BCUT2D eigenvalue weighted by Crippen LogP contribution is -2.22. The van der Waals surface area contributed by atoms with Gasteiger partial charge in [0.1, 0.15) is 11.6 Å². The summed E-state index contributed by atoms with van der Waals surface area (Å²) >= 11 is 1.05. The van der Waals surface area contributed by atoms with Gasteiger partial charge >= 0.3 is 0 Å². The third-order valence-electron chi connectivity index (χ3n) is 3.23. The molecule has 0 aliphatic rings. The van der Waals surface area contributed by atoms with E-state index in [2.05, 4.69) is 24.5 Å². The first kappa shape index (κ1) is 21.9. The Morgan fingerprint density at radius 3 is 2.23 bits per heavy atom. The predicted octanol–water partition coefficient (Wildman–Crippen LogP) is 4.06. The quantitative estimate of drug-likeness (QED) is 0.660. The van der Waals surface area contributed by atoms with Crippen molar-refractivity contribution in [2.24, 2.45) is 0 Å². The molecule has 0 saturated carbocycles. The van der Waals surface area contributed by atoms with Crippen molar-refractivity contribution in [3.63, 3.8) is 0 Å². The van der Waals surface area contributed by atoms with Crippen LogP contribution in [0.1, 0.15) is 31.1 Å². The Morgan fingerprint density at radius 1 is 1.00 bits per heavy atom. The maximum absolute atomic E-state index is 13.7. The number of hydrogen-bond donors (Lipinski definition) is 3. The number of nitrogen functional groups attached to an aromatic ring is 1. The van der Waals surface area contributed by atoms with Crippen LogP contribution in [0, 0.1) is 11.6 Å². The first-order chi connectivity index (χ1) is 12.4. The van der Waals surface area contributed by atoms with Gasteiger partial charge in [-0.3, -0.25) is 4.79 Å². The molecule has 0 atom stereocenters. The Hall–Kier alpha value is -2.12. The number of carbonyl (C=O) groups is 1. The number of halogens is 2. The molecule has 2 rings (SSSR count). The zero-order valence-electron chi connectivity index (χ0n) is 15.2.